The smallest absolute Gasteiger partial charge is 0.189 e. The number of rotatable bonds is 1. The average Bonchev–Trinajstić information content (AvgIpc) is 1.99. The Kier molecular flexibility index (Phi) is 2.97. The molecule has 1 aromatic rings. The van der Waals surface area contributed by atoms with Gasteiger partial charge in [0.25, 0.3) is 0 Å². The van der Waals surface area contributed by atoms with Gasteiger partial charge >= 0.3 is 16.4 Å². The van der Waals surface area contributed by atoms with Crippen molar-refractivity contribution in [3.8, 4) is 0 Å². The van der Waals surface area contributed by atoms with E-state index in [2.05, 4.69) is 0 Å². The first-order valence-corrected chi connectivity index (χ1v) is 5.20. The third-order valence-electron chi connectivity index (χ3n) is 1.52. The molecule has 1 aromatic carbocycles. The molecule has 0 aliphatic carbocycles. The zero-order valence-electron chi connectivity index (χ0n) is 6.85. The van der Waals surface area contributed by atoms with E-state index < -0.39 is 31.9 Å². The first kappa shape index (κ1) is 12.3. The molecule has 0 amide bonds. The molecule has 1 rings (SSSR count). The molecule has 0 spiro atoms. The van der Waals surface area contributed by atoms with E-state index in [-0.39, 0.29) is 0 Å². The summed E-state index contributed by atoms with van der Waals surface area (Å²) in [5, 5.41) is -0.799. The SMILES string of the molecule is O=S(=O)(F)c1ccc(C(F)(F)F)cc1Cl. The van der Waals surface area contributed by atoms with Crippen LogP contribution in [0.5, 0.6) is 0 Å². The van der Waals surface area contributed by atoms with Gasteiger partial charge in [0.2, 0.25) is 0 Å². The van der Waals surface area contributed by atoms with Crippen LogP contribution >= 0.6 is 11.6 Å². The van der Waals surface area contributed by atoms with Crippen LogP contribution in [0.15, 0.2) is 23.1 Å². The van der Waals surface area contributed by atoms with Gasteiger partial charge in [-0.2, -0.15) is 21.6 Å². The maximum absolute atomic E-state index is 12.4. The van der Waals surface area contributed by atoms with Gasteiger partial charge in [-0.15, -0.1) is 3.89 Å². The lowest BCUT2D eigenvalue weighted by molar-refractivity contribution is -0.137. The average molecular weight is 263 g/mol. The van der Waals surface area contributed by atoms with Gasteiger partial charge < -0.3 is 0 Å². The first-order valence-electron chi connectivity index (χ1n) is 3.44. The summed E-state index contributed by atoms with van der Waals surface area (Å²) >= 11 is 5.20. The van der Waals surface area contributed by atoms with E-state index in [0.29, 0.717) is 18.2 Å². The fourth-order valence-electron chi connectivity index (χ4n) is 0.875. The van der Waals surface area contributed by atoms with Crippen LogP contribution < -0.4 is 0 Å². The topological polar surface area (TPSA) is 34.1 Å². The number of hydrogen-bond acceptors (Lipinski definition) is 2. The monoisotopic (exact) mass is 262 g/mol. The summed E-state index contributed by atoms with van der Waals surface area (Å²) in [5.41, 5.74) is -1.14. The van der Waals surface area contributed by atoms with Crippen LogP contribution in [-0.4, -0.2) is 8.42 Å². The first-order chi connectivity index (χ1) is 6.62. The summed E-state index contributed by atoms with van der Waals surface area (Å²) in [6, 6.07) is 1.27. The van der Waals surface area contributed by atoms with Crippen molar-refractivity contribution in [1.29, 1.82) is 0 Å². The van der Waals surface area contributed by atoms with E-state index >= 15 is 0 Å². The van der Waals surface area contributed by atoms with Crippen molar-refractivity contribution >= 4 is 21.8 Å². The number of benzene rings is 1. The van der Waals surface area contributed by atoms with Gasteiger partial charge in [0.15, 0.2) is 0 Å². The molecule has 0 aliphatic rings. The van der Waals surface area contributed by atoms with E-state index in [1.165, 1.54) is 0 Å². The van der Waals surface area contributed by atoms with E-state index in [4.69, 9.17) is 11.6 Å². The molecular formula is C7H3ClF4O2S. The largest absolute Gasteiger partial charge is 0.416 e. The van der Waals surface area contributed by atoms with Crippen molar-refractivity contribution in [2.75, 3.05) is 0 Å². The Balaban J connectivity index is 3.34. The summed E-state index contributed by atoms with van der Waals surface area (Å²) in [6.07, 6.45) is -4.65. The number of alkyl halides is 3. The Bertz CT molecular complexity index is 480. The highest BCUT2D eigenvalue weighted by atomic mass is 35.5. The highest BCUT2D eigenvalue weighted by molar-refractivity contribution is 7.86. The molecular weight excluding hydrogens is 260 g/mol. The molecule has 0 radical (unpaired) electrons. The number of hydrogen-bond donors (Lipinski definition) is 0. The second-order valence-corrected chi connectivity index (χ2v) is 4.30. The van der Waals surface area contributed by atoms with Crippen molar-refractivity contribution in [3.63, 3.8) is 0 Å². The normalized spacial score (nSPS) is 12.9. The molecule has 0 saturated carbocycles. The van der Waals surface area contributed by atoms with E-state index in [1.54, 1.807) is 0 Å². The molecule has 8 heteroatoms. The Morgan fingerprint density at radius 2 is 1.73 bits per heavy atom. The second kappa shape index (κ2) is 3.64. The molecule has 0 N–H and O–H groups in total. The van der Waals surface area contributed by atoms with Gasteiger partial charge in [0.05, 0.1) is 10.6 Å². The minimum absolute atomic E-state index is 0.355. The predicted octanol–water partition coefficient (Wildman–Crippen LogP) is 3.02. The zero-order chi connectivity index (χ0) is 11.9. The summed E-state index contributed by atoms with van der Waals surface area (Å²) in [4.78, 5) is -0.975. The maximum atomic E-state index is 12.4. The Labute approximate surface area is 87.7 Å². The van der Waals surface area contributed by atoms with Gasteiger partial charge in [-0.1, -0.05) is 11.6 Å². The highest BCUT2D eigenvalue weighted by Crippen LogP contribution is 2.33. The molecule has 0 fully saturated rings. The van der Waals surface area contributed by atoms with Crippen molar-refractivity contribution in [2.45, 2.75) is 11.1 Å². The van der Waals surface area contributed by atoms with Crippen LogP contribution in [0.3, 0.4) is 0 Å². The third kappa shape index (κ3) is 2.82. The Hall–Kier alpha value is -0.820. The molecule has 2 nitrogen and oxygen atoms in total. The maximum Gasteiger partial charge on any atom is 0.416 e. The lowest BCUT2D eigenvalue weighted by Gasteiger charge is -2.07. The van der Waals surface area contributed by atoms with Crippen molar-refractivity contribution < 1.29 is 25.5 Å². The van der Waals surface area contributed by atoms with Crippen LogP contribution in [-0.2, 0) is 16.4 Å². The lowest BCUT2D eigenvalue weighted by atomic mass is 10.2. The van der Waals surface area contributed by atoms with Gasteiger partial charge in [-0.25, -0.2) is 0 Å². The fourth-order valence-corrected chi connectivity index (χ4v) is 1.85. The van der Waals surface area contributed by atoms with Crippen LogP contribution in [0.2, 0.25) is 5.02 Å². The summed E-state index contributed by atoms with van der Waals surface area (Å²) in [7, 11) is -5.10. The molecule has 15 heavy (non-hydrogen) atoms. The van der Waals surface area contributed by atoms with Crippen molar-refractivity contribution in [3.05, 3.63) is 28.8 Å². The highest BCUT2D eigenvalue weighted by Gasteiger charge is 2.32. The standard InChI is InChI=1S/C7H3ClF4O2S/c8-5-3-4(7(9,10)11)1-2-6(5)15(12,13)14/h1-3H. The van der Waals surface area contributed by atoms with Crippen LogP contribution in [0.25, 0.3) is 0 Å². The van der Waals surface area contributed by atoms with E-state index in [0.717, 1.165) is 0 Å². The van der Waals surface area contributed by atoms with E-state index in [1.807, 2.05) is 0 Å². The molecule has 0 atom stereocenters. The van der Waals surface area contributed by atoms with Crippen molar-refractivity contribution in [1.82, 2.24) is 0 Å². The number of halogens is 5. The summed E-state index contributed by atoms with van der Waals surface area (Å²) in [5.74, 6) is 0. The molecule has 0 heterocycles. The Morgan fingerprint density at radius 3 is 2.07 bits per heavy atom. The Morgan fingerprint density at radius 1 is 1.20 bits per heavy atom. The van der Waals surface area contributed by atoms with Gasteiger partial charge in [0, 0.05) is 0 Å². The lowest BCUT2D eigenvalue weighted by Crippen LogP contribution is -2.05. The summed E-state index contributed by atoms with van der Waals surface area (Å²) < 4.78 is 69.5. The van der Waals surface area contributed by atoms with Crippen molar-refractivity contribution in [2.24, 2.45) is 0 Å². The molecule has 0 bridgehead atoms. The summed E-state index contributed by atoms with van der Waals surface area (Å²) in [6.45, 7) is 0. The fraction of sp³-hybridized carbons (Fsp3) is 0.143. The second-order valence-electron chi connectivity index (χ2n) is 2.58. The van der Waals surface area contributed by atoms with Crippen LogP contribution in [0.4, 0.5) is 17.1 Å². The predicted molar refractivity (Wildman–Crippen MR) is 44.7 cm³/mol. The molecule has 0 aromatic heterocycles. The van der Waals surface area contributed by atoms with E-state index in [9.17, 15) is 25.5 Å². The van der Waals surface area contributed by atoms with Gasteiger partial charge in [-0.05, 0) is 18.2 Å². The minimum atomic E-state index is -5.10. The molecule has 0 saturated heterocycles. The molecule has 0 unspecified atom stereocenters. The van der Waals surface area contributed by atoms with Crippen LogP contribution in [0.1, 0.15) is 5.56 Å². The molecule has 0 aliphatic heterocycles. The van der Waals surface area contributed by atoms with Crippen LogP contribution in [0, 0.1) is 0 Å². The minimum Gasteiger partial charge on any atom is -0.189 e. The molecule has 84 valence electrons. The zero-order valence-corrected chi connectivity index (χ0v) is 8.42. The van der Waals surface area contributed by atoms with Gasteiger partial charge in [0.1, 0.15) is 4.90 Å². The quantitative estimate of drug-likeness (QED) is 0.576. The third-order valence-corrected chi connectivity index (χ3v) is 2.83. The van der Waals surface area contributed by atoms with Gasteiger partial charge in [-0.3, -0.25) is 0 Å².